The highest BCUT2D eigenvalue weighted by atomic mass is 79.9. The van der Waals surface area contributed by atoms with E-state index < -0.39 is 0 Å². The monoisotopic (exact) mass is 423 g/mol. The van der Waals surface area contributed by atoms with E-state index in [0.29, 0.717) is 18.7 Å². The minimum atomic E-state index is 0.0706. The van der Waals surface area contributed by atoms with Crippen LogP contribution in [0.25, 0.3) is 11.3 Å². The molecule has 0 N–H and O–H groups in total. The quantitative estimate of drug-likeness (QED) is 0.646. The molecular formula is C20H18BrN5O. The summed E-state index contributed by atoms with van der Waals surface area (Å²) in [5.41, 5.74) is 2.53. The molecule has 1 fully saturated rings. The molecule has 0 bridgehead atoms. The van der Waals surface area contributed by atoms with Gasteiger partial charge in [-0.15, -0.1) is 10.2 Å². The van der Waals surface area contributed by atoms with E-state index in [-0.39, 0.29) is 5.91 Å². The van der Waals surface area contributed by atoms with Crippen LogP contribution in [0.2, 0.25) is 0 Å². The lowest BCUT2D eigenvalue weighted by Gasteiger charge is -2.35. The molecule has 136 valence electrons. The summed E-state index contributed by atoms with van der Waals surface area (Å²) >= 11 is 3.40. The summed E-state index contributed by atoms with van der Waals surface area (Å²) in [6.07, 6.45) is 3.49. The molecule has 1 aromatic carbocycles. The van der Waals surface area contributed by atoms with E-state index in [1.165, 1.54) is 0 Å². The Labute approximate surface area is 166 Å². The minimum Gasteiger partial charge on any atom is -0.352 e. The molecule has 0 saturated carbocycles. The second-order valence-electron chi connectivity index (χ2n) is 6.30. The van der Waals surface area contributed by atoms with Crippen molar-refractivity contribution in [2.24, 2.45) is 0 Å². The molecule has 6 nitrogen and oxygen atoms in total. The van der Waals surface area contributed by atoms with Crippen molar-refractivity contribution in [1.82, 2.24) is 20.1 Å². The van der Waals surface area contributed by atoms with Crippen molar-refractivity contribution in [3.8, 4) is 11.3 Å². The van der Waals surface area contributed by atoms with Crippen LogP contribution in [0.4, 0.5) is 5.82 Å². The van der Waals surface area contributed by atoms with Crippen molar-refractivity contribution >= 4 is 27.7 Å². The average molecular weight is 424 g/mol. The topological polar surface area (TPSA) is 62.2 Å². The van der Waals surface area contributed by atoms with Crippen LogP contribution in [0.15, 0.2) is 65.4 Å². The van der Waals surface area contributed by atoms with Crippen molar-refractivity contribution in [3.63, 3.8) is 0 Å². The SMILES string of the molecule is O=C(c1ccc(Br)cc1)N1CCN(c2ccc(-c3ccncc3)nn2)CC1. The van der Waals surface area contributed by atoms with Crippen LogP contribution in [0, 0.1) is 0 Å². The number of nitrogens with zero attached hydrogens (tertiary/aromatic N) is 5. The van der Waals surface area contributed by atoms with Gasteiger partial charge in [0.25, 0.3) is 5.91 Å². The van der Waals surface area contributed by atoms with Crippen LogP contribution in [-0.4, -0.2) is 52.2 Å². The van der Waals surface area contributed by atoms with Gasteiger partial charge in [0.1, 0.15) is 0 Å². The molecule has 1 amide bonds. The van der Waals surface area contributed by atoms with Gasteiger partial charge in [-0.05, 0) is 48.5 Å². The van der Waals surface area contributed by atoms with Gasteiger partial charge in [-0.1, -0.05) is 15.9 Å². The summed E-state index contributed by atoms with van der Waals surface area (Å²) in [4.78, 5) is 20.7. The van der Waals surface area contributed by atoms with Gasteiger partial charge in [0, 0.05) is 54.2 Å². The second-order valence-corrected chi connectivity index (χ2v) is 7.21. The first-order valence-corrected chi connectivity index (χ1v) is 9.54. The highest BCUT2D eigenvalue weighted by Crippen LogP contribution is 2.19. The molecule has 1 aliphatic heterocycles. The number of hydrogen-bond donors (Lipinski definition) is 0. The van der Waals surface area contributed by atoms with Gasteiger partial charge in [-0.25, -0.2) is 0 Å². The Morgan fingerprint density at radius 3 is 2.19 bits per heavy atom. The molecule has 0 radical (unpaired) electrons. The minimum absolute atomic E-state index is 0.0706. The van der Waals surface area contributed by atoms with Crippen molar-refractivity contribution < 1.29 is 4.79 Å². The van der Waals surface area contributed by atoms with Crippen molar-refractivity contribution in [2.45, 2.75) is 0 Å². The van der Waals surface area contributed by atoms with Gasteiger partial charge in [0.2, 0.25) is 0 Å². The lowest BCUT2D eigenvalue weighted by atomic mass is 10.2. The number of pyridine rings is 1. The maximum Gasteiger partial charge on any atom is 0.253 e. The second kappa shape index (κ2) is 7.84. The van der Waals surface area contributed by atoms with Crippen LogP contribution < -0.4 is 4.90 Å². The fourth-order valence-corrected chi connectivity index (χ4v) is 3.35. The molecule has 27 heavy (non-hydrogen) atoms. The maximum absolute atomic E-state index is 12.6. The smallest absolute Gasteiger partial charge is 0.253 e. The van der Waals surface area contributed by atoms with Crippen molar-refractivity contribution in [1.29, 1.82) is 0 Å². The molecule has 0 atom stereocenters. The average Bonchev–Trinajstić information content (AvgIpc) is 2.75. The normalized spacial score (nSPS) is 14.3. The van der Waals surface area contributed by atoms with Gasteiger partial charge < -0.3 is 9.80 Å². The van der Waals surface area contributed by atoms with Gasteiger partial charge >= 0.3 is 0 Å². The van der Waals surface area contributed by atoms with E-state index in [2.05, 4.69) is 36.0 Å². The molecule has 0 spiro atoms. The lowest BCUT2D eigenvalue weighted by Crippen LogP contribution is -2.49. The molecular weight excluding hydrogens is 406 g/mol. The number of rotatable bonds is 3. The van der Waals surface area contributed by atoms with Crippen LogP contribution in [-0.2, 0) is 0 Å². The number of carbonyl (C=O) groups is 1. The summed E-state index contributed by atoms with van der Waals surface area (Å²) in [5, 5.41) is 8.69. The van der Waals surface area contributed by atoms with E-state index in [9.17, 15) is 4.79 Å². The Morgan fingerprint density at radius 1 is 0.852 bits per heavy atom. The molecule has 0 aliphatic carbocycles. The Kier molecular flexibility index (Phi) is 5.11. The number of piperazine rings is 1. The first kappa shape index (κ1) is 17.6. The summed E-state index contributed by atoms with van der Waals surface area (Å²) in [6.45, 7) is 2.82. The zero-order chi connectivity index (χ0) is 18.6. The number of anilines is 1. The molecule has 1 saturated heterocycles. The van der Waals surface area contributed by atoms with E-state index in [0.717, 1.165) is 34.6 Å². The Morgan fingerprint density at radius 2 is 1.56 bits per heavy atom. The number of hydrogen-bond acceptors (Lipinski definition) is 5. The molecule has 4 rings (SSSR count). The molecule has 7 heteroatoms. The molecule has 1 aliphatic rings. The van der Waals surface area contributed by atoms with Gasteiger partial charge in [0.05, 0.1) is 5.69 Å². The first-order chi connectivity index (χ1) is 13.2. The molecule has 0 unspecified atom stereocenters. The van der Waals surface area contributed by atoms with Crippen LogP contribution in [0.1, 0.15) is 10.4 Å². The number of carbonyl (C=O) groups excluding carboxylic acids is 1. The number of benzene rings is 1. The summed E-state index contributed by atoms with van der Waals surface area (Å²) < 4.78 is 0.970. The zero-order valence-electron chi connectivity index (χ0n) is 14.6. The largest absolute Gasteiger partial charge is 0.352 e. The van der Waals surface area contributed by atoms with Crippen molar-refractivity contribution in [2.75, 3.05) is 31.1 Å². The predicted molar refractivity (Wildman–Crippen MR) is 108 cm³/mol. The van der Waals surface area contributed by atoms with Crippen LogP contribution >= 0.6 is 15.9 Å². The lowest BCUT2D eigenvalue weighted by molar-refractivity contribution is 0.0746. The fourth-order valence-electron chi connectivity index (χ4n) is 3.08. The van der Waals surface area contributed by atoms with E-state index in [4.69, 9.17) is 0 Å². The third-order valence-electron chi connectivity index (χ3n) is 4.61. The Hall–Kier alpha value is -2.80. The number of amides is 1. The molecule has 3 aromatic rings. The highest BCUT2D eigenvalue weighted by Gasteiger charge is 2.23. The Balaban J connectivity index is 1.39. The summed E-state index contributed by atoms with van der Waals surface area (Å²) in [5.74, 6) is 0.907. The van der Waals surface area contributed by atoms with E-state index in [1.54, 1.807) is 12.4 Å². The van der Waals surface area contributed by atoms with Crippen molar-refractivity contribution in [3.05, 3.63) is 71.0 Å². The predicted octanol–water partition coefficient (Wildman–Crippen LogP) is 3.26. The standard InChI is InChI=1S/C20H18BrN5O/c21-17-3-1-16(2-4-17)20(27)26-13-11-25(12-14-26)19-6-5-18(23-24-19)15-7-9-22-10-8-15/h1-10H,11-14H2. The Bertz CT molecular complexity index is 907. The summed E-state index contributed by atoms with van der Waals surface area (Å²) in [7, 11) is 0. The number of aromatic nitrogens is 3. The summed E-state index contributed by atoms with van der Waals surface area (Å²) in [6, 6.07) is 15.3. The van der Waals surface area contributed by atoms with Crippen LogP contribution in [0.3, 0.4) is 0 Å². The third kappa shape index (κ3) is 3.98. The molecule has 3 heterocycles. The first-order valence-electron chi connectivity index (χ1n) is 8.74. The van der Waals surface area contributed by atoms with E-state index in [1.807, 2.05) is 53.4 Å². The third-order valence-corrected chi connectivity index (χ3v) is 5.14. The van der Waals surface area contributed by atoms with E-state index >= 15 is 0 Å². The van der Waals surface area contributed by atoms with Gasteiger partial charge in [0.15, 0.2) is 5.82 Å². The number of halogens is 1. The fraction of sp³-hybridized carbons (Fsp3) is 0.200. The molecule has 2 aromatic heterocycles. The van der Waals surface area contributed by atoms with Crippen LogP contribution in [0.5, 0.6) is 0 Å². The highest BCUT2D eigenvalue weighted by molar-refractivity contribution is 9.10. The maximum atomic E-state index is 12.6. The van der Waals surface area contributed by atoms with Gasteiger partial charge in [-0.2, -0.15) is 0 Å². The van der Waals surface area contributed by atoms with Gasteiger partial charge in [-0.3, -0.25) is 9.78 Å². The zero-order valence-corrected chi connectivity index (χ0v) is 16.2.